The molecule has 0 aromatic heterocycles. The summed E-state index contributed by atoms with van der Waals surface area (Å²) in [6.07, 6.45) is -2.65. The van der Waals surface area contributed by atoms with Crippen molar-refractivity contribution in [3.05, 3.63) is 35.4 Å². The Morgan fingerprint density at radius 1 is 1.43 bits per heavy atom. The second-order valence-electron chi connectivity index (χ2n) is 5.72. The molecule has 1 aliphatic rings. The molecule has 3 nitrogen and oxygen atoms in total. The van der Waals surface area contributed by atoms with Crippen molar-refractivity contribution >= 4 is 5.91 Å². The number of carbonyl (C=O) groups excluding carboxylic acids is 1. The van der Waals surface area contributed by atoms with Crippen molar-refractivity contribution < 1.29 is 18.0 Å². The summed E-state index contributed by atoms with van der Waals surface area (Å²) in [7, 11) is 0. The average molecular weight is 300 g/mol. The SMILES string of the molecule is CC1(C(=O)NCc2cccc(C(F)(F)F)c2)CCCNC1. The van der Waals surface area contributed by atoms with Gasteiger partial charge in [0, 0.05) is 13.1 Å². The molecule has 2 rings (SSSR count). The zero-order chi connectivity index (χ0) is 15.5. The van der Waals surface area contributed by atoms with E-state index in [-0.39, 0.29) is 12.5 Å². The molecule has 0 aliphatic carbocycles. The van der Waals surface area contributed by atoms with Gasteiger partial charge in [-0.3, -0.25) is 4.79 Å². The minimum Gasteiger partial charge on any atom is -0.352 e. The van der Waals surface area contributed by atoms with Crippen molar-refractivity contribution in [3.8, 4) is 0 Å². The smallest absolute Gasteiger partial charge is 0.352 e. The van der Waals surface area contributed by atoms with Crippen LogP contribution in [0.1, 0.15) is 30.9 Å². The number of benzene rings is 1. The van der Waals surface area contributed by atoms with Crippen LogP contribution in [0.15, 0.2) is 24.3 Å². The summed E-state index contributed by atoms with van der Waals surface area (Å²) in [4.78, 5) is 12.2. The number of piperidine rings is 1. The third kappa shape index (κ3) is 3.97. The molecule has 1 saturated heterocycles. The Hall–Kier alpha value is -1.56. The molecular weight excluding hydrogens is 281 g/mol. The molecule has 1 unspecified atom stereocenters. The quantitative estimate of drug-likeness (QED) is 0.901. The summed E-state index contributed by atoms with van der Waals surface area (Å²) >= 11 is 0. The maximum atomic E-state index is 12.6. The van der Waals surface area contributed by atoms with Crippen molar-refractivity contribution in [1.82, 2.24) is 10.6 Å². The summed E-state index contributed by atoms with van der Waals surface area (Å²) in [6.45, 7) is 3.48. The van der Waals surface area contributed by atoms with E-state index in [1.165, 1.54) is 6.07 Å². The number of rotatable bonds is 3. The minimum absolute atomic E-state index is 0.109. The van der Waals surface area contributed by atoms with E-state index in [0.29, 0.717) is 12.1 Å². The fraction of sp³-hybridized carbons (Fsp3) is 0.533. The molecule has 1 heterocycles. The largest absolute Gasteiger partial charge is 0.416 e. The Kier molecular flexibility index (Phi) is 4.56. The number of hydrogen-bond donors (Lipinski definition) is 2. The Labute approximate surface area is 121 Å². The first kappa shape index (κ1) is 15.8. The highest BCUT2D eigenvalue weighted by Gasteiger charge is 2.34. The van der Waals surface area contributed by atoms with Crippen LogP contribution in [0.2, 0.25) is 0 Å². The van der Waals surface area contributed by atoms with Gasteiger partial charge in [-0.15, -0.1) is 0 Å². The molecule has 1 aliphatic heterocycles. The Morgan fingerprint density at radius 3 is 2.81 bits per heavy atom. The van der Waals surface area contributed by atoms with E-state index in [1.807, 2.05) is 6.92 Å². The predicted molar refractivity (Wildman–Crippen MR) is 73.5 cm³/mol. The summed E-state index contributed by atoms with van der Waals surface area (Å²) < 4.78 is 37.9. The molecule has 1 aromatic rings. The van der Waals surface area contributed by atoms with Crippen molar-refractivity contribution in [1.29, 1.82) is 0 Å². The topological polar surface area (TPSA) is 41.1 Å². The molecule has 21 heavy (non-hydrogen) atoms. The molecule has 2 N–H and O–H groups in total. The first-order chi connectivity index (χ1) is 9.81. The summed E-state index contributed by atoms with van der Waals surface area (Å²) in [6, 6.07) is 5.03. The predicted octanol–water partition coefficient (Wildman–Crippen LogP) is 2.71. The highest BCUT2D eigenvalue weighted by Crippen LogP contribution is 2.30. The van der Waals surface area contributed by atoms with Crippen molar-refractivity contribution in [3.63, 3.8) is 0 Å². The molecule has 0 saturated carbocycles. The van der Waals surface area contributed by atoms with E-state index >= 15 is 0 Å². The fourth-order valence-electron chi connectivity index (χ4n) is 2.50. The molecule has 0 spiro atoms. The summed E-state index contributed by atoms with van der Waals surface area (Å²) in [5, 5.41) is 5.92. The highest BCUT2D eigenvalue weighted by atomic mass is 19.4. The van der Waals surface area contributed by atoms with Crippen LogP contribution < -0.4 is 10.6 Å². The van der Waals surface area contributed by atoms with Gasteiger partial charge in [-0.1, -0.05) is 12.1 Å². The first-order valence-corrected chi connectivity index (χ1v) is 6.96. The fourth-order valence-corrected chi connectivity index (χ4v) is 2.50. The lowest BCUT2D eigenvalue weighted by Gasteiger charge is -2.32. The maximum Gasteiger partial charge on any atom is 0.416 e. The zero-order valence-electron chi connectivity index (χ0n) is 11.9. The molecule has 1 aromatic carbocycles. The molecule has 0 bridgehead atoms. The van der Waals surface area contributed by atoms with Gasteiger partial charge in [0.2, 0.25) is 5.91 Å². The second-order valence-corrected chi connectivity index (χ2v) is 5.72. The average Bonchev–Trinajstić information content (AvgIpc) is 2.45. The number of nitrogens with one attached hydrogen (secondary N) is 2. The van der Waals surface area contributed by atoms with E-state index in [1.54, 1.807) is 6.07 Å². The van der Waals surface area contributed by atoms with Crippen molar-refractivity contribution in [2.24, 2.45) is 5.41 Å². The van der Waals surface area contributed by atoms with Gasteiger partial charge < -0.3 is 10.6 Å². The van der Waals surface area contributed by atoms with Crippen LogP contribution in [-0.4, -0.2) is 19.0 Å². The van der Waals surface area contributed by atoms with Crippen LogP contribution in [0.3, 0.4) is 0 Å². The van der Waals surface area contributed by atoms with Gasteiger partial charge in [0.25, 0.3) is 0 Å². The third-order valence-corrected chi connectivity index (χ3v) is 3.85. The summed E-state index contributed by atoms with van der Waals surface area (Å²) in [5.41, 5.74) is -0.731. The number of amides is 1. The van der Waals surface area contributed by atoms with Gasteiger partial charge in [0.15, 0.2) is 0 Å². The van der Waals surface area contributed by atoms with Crippen molar-refractivity contribution in [2.75, 3.05) is 13.1 Å². The molecule has 1 atom stereocenters. The second kappa shape index (κ2) is 6.05. The molecule has 0 radical (unpaired) electrons. The van der Waals surface area contributed by atoms with Gasteiger partial charge in [0.1, 0.15) is 0 Å². The lowest BCUT2D eigenvalue weighted by molar-refractivity contribution is -0.137. The molecule has 1 amide bonds. The Bertz CT molecular complexity index is 508. The van der Waals surface area contributed by atoms with Crippen LogP contribution in [0, 0.1) is 5.41 Å². The van der Waals surface area contributed by atoms with Gasteiger partial charge in [-0.05, 0) is 44.0 Å². The monoisotopic (exact) mass is 300 g/mol. The van der Waals surface area contributed by atoms with Gasteiger partial charge in [-0.25, -0.2) is 0 Å². The van der Waals surface area contributed by atoms with Crippen molar-refractivity contribution in [2.45, 2.75) is 32.5 Å². The molecular formula is C15H19F3N2O. The van der Waals surface area contributed by atoms with Gasteiger partial charge >= 0.3 is 6.18 Å². The van der Waals surface area contributed by atoms with E-state index in [0.717, 1.165) is 31.5 Å². The van der Waals surface area contributed by atoms with E-state index in [9.17, 15) is 18.0 Å². The maximum absolute atomic E-state index is 12.6. The van der Waals surface area contributed by atoms with Gasteiger partial charge in [-0.2, -0.15) is 13.2 Å². The molecule has 116 valence electrons. The lowest BCUT2D eigenvalue weighted by Crippen LogP contribution is -2.48. The Balaban J connectivity index is 1.98. The lowest BCUT2D eigenvalue weighted by atomic mass is 9.82. The highest BCUT2D eigenvalue weighted by molar-refractivity contribution is 5.82. The Morgan fingerprint density at radius 2 is 2.19 bits per heavy atom. The van der Waals surface area contributed by atoms with E-state index in [4.69, 9.17) is 0 Å². The number of halogens is 3. The number of alkyl halides is 3. The number of hydrogen-bond acceptors (Lipinski definition) is 2. The van der Waals surface area contributed by atoms with E-state index < -0.39 is 17.2 Å². The molecule has 1 fully saturated rings. The van der Waals surface area contributed by atoms with E-state index in [2.05, 4.69) is 10.6 Å². The first-order valence-electron chi connectivity index (χ1n) is 6.96. The standard InChI is InChI=1S/C15H19F3N2O/c1-14(6-3-7-19-10-14)13(21)20-9-11-4-2-5-12(8-11)15(16,17)18/h2,4-5,8,19H,3,6-7,9-10H2,1H3,(H,20,21). The summed E-state index contributed by atoms with van der Waals surface area (Å²) in [5.74, 6) is -0.118. The van der Waals surface area contributed by atoms with Crippen LogP contribution in [0.25, 0.3) is 0 Å². The number of carbonyl (C=O) groups is 1. The minimum atomic E-state index is -4.36. The normalized spacial score (nSPS) is 22.9. The van der Waals surface area contributed by atoms with Crippen LogP contribution in [0.5, 0.6) is 0 Å². The molecule has 6 heteroatoms. The van der Waals surface area contributed by atoms with Crippen LogP contribution >= 0.6 is 0 Å². The van der Waals surface area contributed by atoms with Crippen LogP contribution in [-0.2, 0) is 17.5 Å². The third-order valence-electron chi connectivity index (χ3n) is 3.85. The van der Waals surface area contributed by atoms with Crippen LogP contribution in [0.4, 0.5) is 13.2 Å². The van der Waals surface area contributed by atoms with Gasteiger partial charge in [0.05, 0.1) is 11.0 Å². The zero-order valence-corrected chi connectivity index (χ0v) is 11.9.